The van der Waals surface area contributed by atoms with Crippen LogP contribution in [0.3, 0.4) is 0 Å². The molecule has 0 spiro atoms. The number of thiophene rings is 1. The summed E-state index contributed by atoms with van der Waals surface area (Å²) in [5, 5.41) is 2.05. The van der Waals surface area contributed by atoms with Gasteiger partial charge >= 0.3 is 0 Å². The zero-order valence-electron chi connectivity index (χ0n) is 13.5. The van der Waals surface area contributed by atoms with E-state index in [1.165, 1.54) is 4.88 Å². The fourth-order valence-electron chi connectivity index (χ4n) is 3.19. The van der Waals surface area contributed by atoms with Crippen LogP contribution in [0, 0.1) is 0 Å². The summed E-state index contributed by atoms with van der Waals surface area (Å²) in [4.78, 5) is 29.7. The van der Waals surface area contributed by atoms with Crippen LogP contribution in [0.2, 0.25) is 0 Å². The van der Waals surface area contributed by atoms with Crippen LogP contribution < -0.4 is 4.90 Å². The molecule has 2 heterocycles. The number of amides is 2. The number of carbonyl (C=O) groups excluding carboxylic acids is 2. The summed E-state index contributed by atoms with van der Waals surface area (Å²) in [7, 11) is 0. The van der Waals surface area contributed by atoms with Gasteiger partial charge in [-0.3, -0.25) is 9.59 Å². The highest BCUT2D eigenvalue weighted by Gasteiger charge is 2.33. The van der Waals surface area contributed by atoms with Gasteiger partial charge in [0.05, 0.1) is 6.54 Å². The van der Waals surface area contributed by atoms with E-state index >= 15 is 0 Å². The smallest absolute Gasteiger partial charge is 0.254 e. The van der Waals surface area contributed by atoms with Crippen LogP contribution in [-0.4, -0.2) is 29.3 Å². The summed E-state index contributed by atoms with van der Waals surface area (Å²) >= 11 is 1.69. The van der Waals surface area contributed by atoms with Gasteiger partial charge in [0.1, 0.15) is 0 Å². The van der Waals surface area contributed by atoms with E-state index in [1.54, 1.807) is 16.2 Å². The third kappa shape index (κ3) is 3.08. The lowest BCUT2D eigenvalue weighted by molar-refractivity contribution is -0.117. The number of nitrogens with zero attached hydrogens (tertiary/aromatic N) is 2. The Kier molecular flexibility index (Phi) is 4.10. The van der Waals surface area contributed by atoms with E-state index in [0.29, 0.717) is 24.6 Å². The van der Waals surface area contributed by atoms with E-state index in [0.717, 1.165) is 31.5 Å². The number of hydrogen-bond donors (Lipinski definition) is 0. The van der Waals surface area contributed by atoms with Gasteiger partial charge in [0.2, 0.25) is 5.91 Å². The van der Waals surface area contributed by atoms with Gasteiger partial charge in [-0.1, -0.05) is 6.07 Å². The van der Waals surface area contributed by atoms with E-state index < -0.39 is 0 Å². The molecule has 0 atom stereocenters. The molecule has 1 aliphatic carbocycles. The first-order valence-electron chi connectivity index (χ1n) is 8.46. The van der Waals surface area contributed by atoms with Gasteiger partial charge in [-0.05, 0) is 55.0 Å². The Morgan fingerprint density at radius 2 is 2.00 bits per heavy atom. The Bertz CT molecular complexity index is 735. The summed E-state index contributed by atoms with van der Waals surface area (Å²) in [6, 6.07) is 12.0. The van der Waals surface area contributed by atoms with Crippen molar-refractivity contribution in [2.24, 2.45) is 0 Å². The standard InChI is InChI=1S/C19H20N2O2S/c22-18-4-1-11-20(18)15-7-5-14(6-8-15)19(23)21(16-9-10-16)13-17-3-2-12-24-17/h2-3,5-8,12,16H,1,4,9-11,13H2. The second-order valence-electron chi connectivity index (χ2n) is 6.44. The van der Waals surface area contributed by atoms with Crippen LogP contribution >= 0.6 is 11.3 Å². The summed E-state index contributed by atoms with van der Waals surface area (Å²) in [6.45, 7) is 1.46. The Balaban J connectivity index is 1.51. The molecule has 0 bridgehead atoms. The maximum absolute atomic E-state index is 12.9. The molecule has 2 aromatic rings. The highest BCUT2D eigenvalue weighted by atomic mass is 32.1. The SMILES string of the molecule is O=C1CCCN1c1ccc(C(=O)N(Cc2cccs2)C2CC2)cc1. The van der Waals surface area contributed by atoms with Gasteiger partial charge in [0, 0.05) is 35.1 Å². The zero-order valence-corrected chi connectivity index (χ0v) is 14.3. The molecule has 4 nitrogen and oxygen atoms in total. The molecular formula is C19H20N2O2S. The molecule has 4 rings (SSSR count). The van der Waals surface area contributed by atoms with Crippen LogP contribution in [0.4, 0.5) is 5.69 Å². The average Bonchev–Trinajstić information content (AvgIpc) is 3.14. The second-order valence-corrected chi connectivity index (χ2v) is 7.47. The predicted octanol–water partition coefficient (Wildman–Crippen LogP) is 3.68. The van der Waals surface area contributed by atoms with Crippen molar-refractivity contribution < 1.29 is 9.59 Å². The summed E-state index contributed by atoms with van der Waals surface area (Å²) in [6.07, 6.45) is 3.72. The van der Waals surface area contributed by atoms with Gasteiger partial charge in [0.25, 0.3) is 5.91 Å². The lowest BCUT2D eigenvalue weighted by Gasteiger charge is -2.22. The molecule has 2 fully saturated rings. The molecule has 1 aliphatic heterocycles. The van der Waals surface area contributed by atoms with Gasteiger partial charge in [-0.15, -0.1) is 11.3 Å². The lowest BCUT2D eigenvalue weighted by atomic mass is 10.1. The Morgan fingerprint density at radius 1 is 1.21 bits per heavy atom. The first-order valence-corrected chi connectivity index (χ1v) is 9.34. The first-order chi connectivity index (χ1) is 11.7. The minimum atomic E-state index is 0.0881. The van der Waals surface area contributed by atoms with Crippen molar-refractivity contribution >= 4 is 28.8 Å². The maximum Gasteiger partial charge on any atom is 0.254 e. The maximum atomic E-state index is 12.9. The van der Waals surface area contributed by atoms with Crippen molar-refractivity contribution in [2.75, 3.05) is 11.4 Å². The highest BCUT2D eigenvalue weighted by Crippen LogP contribution is 2.31. The van der Waals surface area contributed by atoms with E-state index in [1.807, 2.05) is 40.6 Å². The van der Waals surface area contributed by atoms with Crippen LogP contribution in [0.1, 0.15) is 40.9 Å². The fraction of sp³-hybridized carbons (Fsp3) is 0.368. The summed E-state index contributed by atoms with van der Waals surface area (Å²) < 4.78 is 0. The van der Waals surface area contributed by atoms with E-state index in [9.17, 15) is 9.59 Å². The molecule has 0 radical (unpaired) electrons. The third-order valence-electron chi connectivity index (χ3n) is 4.65. The number of carbonyl (C=O) groups is 2. The largest absolute Gasteiger partial charge is 0.331 e. The van der Waals surface area contributed by atoms with Gasteiger partial charge in [-0.2, -0.15) is 0 Å². The number of hydrogen-bond acceptors (Lipinski definition) is 3. The van der Waals surface area contributed by atoms with E-state index in [2.05, 4.69) is 6.07 Å². The van der Waals surface area contributed by atoms with E-state index in [-0.39, 0.29) is 11.8 Å². The molecule has 1 aromatic carbocycles. The van der Waals surface area contributed by atoms with Crippen molar-refractivity contribution in [2.45, 2.75) is 38.3 Å². The van der Waals surface area contributed by atoms with Crippen LogP contribution in [0.15, 0.2) is 41.8 Å². The van der Waals surface area contributed by atoms with Crippen molar-refractivity contribution in [3.05, 3.63) is 52.2 Å². The van der Waals surface area contributed by atoms with E-state index in [4.69, 9.17) is 0 Å². The highest BCUT2D eigenvalue weighted by molar-refractivity contribution is 7.09. The monoisotopic (exact) mass is 340 g/mol. The minimum Gasteiger partial charge on any atom is -0.331 e. The molecule has 2 amide bonds. The summed E-state index contributed by atoms with van der Waals surface area (Å²) in [5.41, 5.74) is 1.60. The molecule has 1 saturated carbocycles. The molecule has 24 heavy (non-hydrogen) atoms. The lowest BCUT2D eigenvalue weighted by Crippen LogP contribution is -2.32. The molecule has 1 aromatic heterocycles. The fourth-order valence-corrected chi connectivity index (χ4v) is 3.90. The molecule has 124 valence electrons. The minimum absolute atomic E-state index is 0.0881. The first kappa shape index (κ1) is 15.4. The normalized spacial score (nSPS) is 17.3. The molecule has 0 N–H and O–H groups in total. The number of benzene rings is 1. The van der Waals surface area contributed by atoms with Crippen molar-refractivity contribution in [1.29, 1.82) is 0 Å². The topological polar surface area (TPSA) is 40.6 Å². The Labute approximate surface area is 145 Å². The van der Waals surface area contributed by atoms with Gasteiger partial charge < -0.3 is 9.80 Å². The molecule has 1 saturated heterocycles. The second kappa shape index (κ2) is 6.40. The Hall–Kier alpha value is -2.14. The third-order valence-corrected chi connectivity index (χ3v) is 5.52. The number of anilines is 1. The molecule has 0 unspecified atom stereocenters. The number of rotatable bonds is 5. The van der Waals surface area contributed by atoms with Gasteiger partial charge in [-0.25, -0.2) is 0 Å². The van der Waals surface area contributed by atoms with Crippen LogP contribution in [0.5, 0.6) is 0 Å². The zero-order chi connectivity index (χ0) is 16.5. The quantitative estimate of drug-likeness (QED) is 0.833. The van der Waals surface area contributed by atoms with Crippen molar-refractivity contribution in [1.82, 2.24) is 4.90 Å². The van der Waals surface area contributed by atoms with Crippen molar-refractivity contribution in [3.8, 4) is 0 Å². The predicted molar refractivity (Wildman–Crippen MR) is 95.2 cm³/mol. The summed E-state index contributed by atoms with van der Waals surface area (Å²) in [5.74, 6) is 0.261. The molecule has 2 aliphatic rings. The molecule has 5 heteroatoms. The molecular weight excluding hydrogens is 320 g/mol. The Morgan fingerprint density at radius 3 is 2.58 bits per heavy atom. The van der Waals surface area contributed by atoms with Crippen LogP contribution in [-0.2, 0) is 11.3 Å². The van der Waals surface area contributed by atoms with Crippen LogP contribution in [0.25, 0.3) is 0 Å². The van der Waals surface area contributed by atoms with Gasteiger partial charge in [0.15, 0.2) is 0 Å². The average molecular weight is 340 g/mol. The van der Waals surface area contributed by atoms with Crippen molar-refractivity contribution in [3.63, 3.8) is 0 Å².